The van der Waals surface area contributed by atoms with Gasteiger partial charge in [0.15, 0.2) is 6.29 Å². The quantitative estimate of drug-likeness (QED) is 0.613. The highest BCUT2D eigenvalue weighted by atomic mass is 19.1. The van der Waals surface area contributed by atoms with Crippen LogP contribution in [0.2, 0.25) is 0 Å². The first-order valence-corrected chi connectivity index (χ1v) is 7.69. The SMILES string of the molecule is COC(CNC(=O)C(=O)N1CCN(c2ccccc2F)CC1)OC. The summed E-state index contributed by atoms with van der Waals surface area (Å²) in [6.07, 6.45) is -0.598. The summed E-state index contributed by atoms with van der Waals surface area (Å²) in [7, 11) is 2.90. The van der Waals surface area contributed by atoms with Crippen LogP contribution in [-0.2, 0) is 19.1 Å². The molecule has 24 heavy (non-hydrogen) atoms. The Bertz CT molecular complexity index is 572. The molecular formula is C16H22FN3O4. The molecular weight excluding hydrogens is 317 g/mol. The van der Waals surface area contributed by atoms with Crippen LogP contribution in [0.3, 0.4) is 0 Å². The highest BCUT2D eigenvalue weighted by Gasteiger charge is 2.27. The van der Waals surface area contributed by atoms with Crippen molar-refractivity contribution in [2.75, 3.05) is 51.8 Å². The normalized spacial score (nSPS) is 14.8. The minimum atomic E-state index is -0.701. The summed E-state index contributed by atoms with van der Waals surface area (Å²) in [4.78, 5) is 27.4. The largest absolute Gasteiger partial charge is 0.366 e. The molecule has 1 heterocycles. The number of nitrogens with zero attached hydrogens (tertiary/aromatic N) is 2. The fourth-order valence-electron chi connectivity index (χ4n) is 2.52. The average molecular weight is 339 g/mol. The second-order valence-electron chi connectivity index (χ2n) is 5.34. The van der Waals surface area contributed by atoms with Gasteiger partial charge in [0, 0.05) is 40.4 Å². The van der Waals surface area contributed by atoms with Gasteiger partial charge in [-0.3, -0.25) is 9.59 Å². The lowest BCUT2D eigenvalue weighted by atomic mass is 10.2. The van der Waals surface area contributed by atoms with Crippen molar-refractivity contribution in [2.45, 2.75) is 6.29 Å². The summed E-state index contributed by atoms with van der Waals surface area (Å²) in [5, 5.41) is 2.48. The number of nitrogens with one attached hydrogen (secondary N) is 1. The zero-order valence-electron chi connectivity index (χ0n) is 13.8. The summed E-state index contributed by atoms with van der Waals surface area (Å²) in [5.41, 5.74) is 0.511. The third kappa shape index (κ3) is 4.42. The second-order valence-corrected chi connectivity index (χ2v) is 5.34. The predicted molar refractivity (Wildman–Crippen MR) is 86.0 cm³/mol. The van der Waals surface area contributed by atoms with Gasteiger partial charge in [-0.15, -0.1) is 0 Å². The first-order valence-electron chi connectivity index (χ1n) is 7.69. The molecule has 8 heteroatoms. The van der Waals surface area contributed by atoms with E-state index in [0.29, 0.717) is 31.9 Å². The molecule has 0 bridgehead atoms. The number of rotatable bonds is 5. The molecule has 1 aliphatic heterocycles. The maximum Gasteiger partial charge on any atom is 0.312 e. The van der Waals surface area contributed by atoms with Crippen LogP contribution in [0.25, 0.3) is 0 Å². The van der Waals surface area contributed by atoms with Crippen LogP contribution < -0.4 is 10.2 Å². The number of para-hydroxylation sites is 1. The minimum Gasteiger partial charge on any atom is -0.366 e. The van der Waals surface area contributed by atoms with Crippen molar-refractivity contribution >= 4 is 17.5 Å². The molecule has 0 aromatic heterocycles. The number of piperazine rings is 1. The molecule has 0 unspecified atom stereocenters. The monoisotopic (exact) mass is 339 g/mol. The topological polar surface area (TPSA) is 71.1 Å². The van der Waals surface area contributed by atoms with Crippen molar-refractivity contribution in [3.05, 3.63) is 30.1 Å². The van der Waals surface area contributed by atoms with Crippen molar-refractivity contribution in [1.29, 1.82) is 0 Å². The standard InChI is InChI=1S/C16H22FN3O4/c1-23-14(24-2)11-18-15(21)16(22)20-9-7-19(8-10-20)13-6-4-3-5-12(13)17/h3-6,14H,7-11H2,1-2H3,(H,18,21). The van der Waals surface area contributed by atoms with E-state index in [1.807, 2.05) is 4.90 Å². The Morgan fingerprint density at radius 1 is 1.17 bits per heavy atom. The van der Waals surface area contributed by atoms with Crippen LogP contribution in [0.5, 0.6) is 0 Å². The Kier molecular flexibility index (Phi) is 6.51. The Balaban J connectivity index is 1.84. The van der Waals surface area contributed by atoms with Crippen LogP contribution in [0.1, 0.15) is 0 Å². The number of hydrogen-bond donors (Lipinski definition) is 1. The number of halogens is 1. The van der Waals surface area contributed by atoms with E-state index in [1.54, 1.807) is 18.2 Å². The molecule has 0 spiro atoms. The Morgan fingerprint density at radius 3 is 2.38 bits per heavy atom. The smallest absolute Gasteiger partial charge is 0.312 e. The summed E-state index contributed by atoms with van der Waals surface area (Å²) in [6.45, 7) is 1.75. The number of carbonyl (C=O) groups is 2. The van der Waals surface area contributed by atoms with Gasteiger partial charge in [0.05, 0.1) is 12.2 Å². The van der Waals surface area contributed by atoms with Crippen molar-refractivity contribution in [2.24, 2.45) is 0 Å². The van der Waals surface area contributed by atoms with Crippen LogP contribution in [0.15, 0.2) is 24.3 Å². The van der Waals surface area contributed by atoms with Gasteiger partial charge >= 0.3 is 11.8 Å². The molecule has 2 amide bonds. The number of carbonyl (C=O) groups excluding carboxylic acids is 2. The lowest BCUT2D eigenvalue weighted by Crippen LogP contribution is -2.53. The van der Waals surface area contributed by atoms with Crippen molar-refractivity contribution in [1.82, 2.24) is 10.2 Å². The molecule has 7 nitrogen and oxygen atoms in total. The Labute approximate surface area is 140 Å². The van der Waals surface area contributed by atoms with Gasteiger partial charge in [0.1, 0.15) is 5.82 Å². The van der Waals surface area contributed by atoms with Crippen LogP contribution >= 0.6 is 0 Å². The van der Waals surface area contributed by atoms with E-state index in [-0.39, 0.29) is 12.4 Å². The number of benzene rings is 1. The van der Waals surface area contributed by atoms with Gasteiger partial charge in [-0.25, -0.2) is 4.39 Å². The van der Waals surface area contributed by atoms with E-state index in [9.17, 15) is 14.0 Å². The second kappa shape index (κ2) is 8.60. The highest BCUT2D eigenvalue weighted by molar-refractivity contribution is 6.35. The molecule has 1 aromatic rings. The lowest BCUT2D eigenvalue weighted by molar-refractivity contribution is -0.148. The van der Waals surface area contributed by atoms with Gasteiger partial charge in [-0.05, 0) is 12.1 Å². The zero-order chi connectivity index (χ0) is 17.5. The zero-order valence-corrected chi connectivity index (χ0v) is 13.8. The van der Waals surface area contributed by atoms with Crippen LogP contribution in [-0.4, -0.2) is 69.9 Å². The molecule has 0 saturated carbocycles. The van der Waals surface area contributed by atoms with Crippen LogP contribution in [0.4, 0.5) is 10.1 Å². The third-order valence-corrected chi connectivity index (χ3v) is 3.91. The van der Waals surface area contributed by atoms with E-state index in [0.717, 1.165) is 0 Å². The maximum absolute atomic E-state index is 13.8. The van der Waals surface area contributed by atoms with E-state index in [4.69, 9.17) is 9.47 Å². The summed E-state index contributed by atoms with van der Waals surface area (Å²) >= 11 is 0. The molecule has 1 aromatic carbocycles. The van der Waals surface area contributed by atoms with Crippen molar-refractivity contribution in [3.63, 3.8) is 0 Å². The maximum atomic E-state index is 13.8. The van der Waals surface area contributed by atoms with Gasteiger partial charge in [0.25, 0.3) is 0 Å². The first-order chi connectivity index (χ1) is 11.6. The summed E-state index contributed by atoms with van der Waals surface area (Å²) in [5.74, 6) is -1.59. The summed E-state index contributed by atoms with van der Waals surface area (Å²) < 4.78 is 23.7. The molecule has 0 aliphatic carbocycles. The molecule has 0 atom stereocenters. The predicted octanol–water partition coefficient (Wildman–Crippen LogP) is 0.209. The molecule has 1 fully saturated rings. The first kappa shape index (κ1) is 18.2. The number of methoxy groups -OCH3 is 2. The molecule has 1 aliphatic rings. The average Bonchev–Trinajstić information content (AvgIpc) is 2.62. The van der Waals surface area contributed by atoms with Gasteiger partial charge in [-0.2, -0.15) is 0 Å². The van der Waals surface area contributed by atoms with Crippen molar-refractivity contribution in [3.8, 4) is 0 Å². The fourth-order valence-corrected chi connectivity index (χ4v) is 2.52. The molecule has 1 saturated heterocycles. The molecule has 2 rings (SSSR count). The van der Waals surface area contributed by atoms with E-state index >= 15 is 0 Å². The lowest BCUT2D eigenvalue weighted by Gasteiger charge is -2.35. The van der Waals surface area contributed by atoms with E-state index < -0.39 is 18.1 Å². The summed E-state index contributed by atoms with van der Waals surface area (Å²) in [6, 6.07) is 6.51. The van der Waals surface area contributed by atoms with Crippen LogP contribution in [0, 0.1) is 5.82 Å². The number of hydrogen-bond acceptors (Lipinski definition) is 5. The number of ether oxygens (including phenoxy) is 2. The molecule has 132 valence electrons. The van der Waals surface area contributed by atoms with Gasteiger partial charge in [0.2, 0.25) is 0 Å². The van der Waals surface area contributed by atoms with E-state index in [2.05, 4.69) is 5.32 Å². The van der Waals surface area contributed by atoms with Gasteiger partial charge in [-0.1, -0.05) is 12.1 Å². The Hall–Kier alpha value is -2.19. The molecule has 0 radical (unpaired) electrons. The fraction of sp³-hybridized carbons (Fsp3) is 0.500. The number of amides is 2. The Morgan fingerprint density at radius 2 is 1.79 bits per heavy atom. The van der Waals surface area contributed by atoms with Gasteiger partial charge < -0.3 is 24.6 Å². The van der Waals surface area contributed by atoms with Crippen molar-refractivity contribution < 1.29 is 23.5 Å². The minimum absolute atomic E-state index is 0.0900. The third-order valence-electron chi connectivity index (χ3n) is 3.91. The van der Waals surface area contributed by atoms with E-state index in [1.165, 1.54) is 25.2 Å². The molecule has 1 N–H and O–H groups in total. The number of anilines is 1. The highest BCUT2D eigenvalue weighted by Crippen LogP contribution is 2.20.